The lowest BCUT2D eigenvalue weighted by Crippen LogP contribution is -2.31. The summed E-state index contributed by atoms with van der Waals surface area (Å²) in [4.78, 5) is 17.8. The third kappa shape index (κ3) is 3.36. The number of rotatable bonds is 4. The summed E-state index contributed by atoms with van der Waals surface area (Å²) >= 11 is 0. The second kappa shape index (κ2) is 6.74. The monoisotopic (exact) mass is 301 g/mol. The number of anilines is 2. The average molecular weight is 301 g/mol. The van der Waals surface area contributed by atoms with Crippen molar-refractivity contribution in [2.24, 2.45) is 7.05 Å². The molecule has 7 nitrogen and oxygen atoms in total. The van der Waals surface area contributed by atoms with E-state index >= 15 is 0 Å². The highest BCUT2D eigenvalue weighted by molar-refractivity contribution is 5.48. The number of aryl methyl sites for hydroxylation is 1. The molecule has 118 valence electrons. The van der Waals surface area contributed by atoms with E-state index in [2.05, 4.69) is 34.6 Å². The maximum Gasteiger partial charge on any atom is 0.134 e. The van der Waals surface area contributed by atoms with Crippen LogP contribution in [0.1, 0.15) is 12.2 Å². The summed E-state index contributed by atoms with van der Waals surface area (Å²) in [6.45, 7) is 5.02. The quantitative estimate of drug-likeness (QED) is 0.908. The molecule has 1 N–H and O–H groups in total. The van der Waals surface area contributed by atoms with Gasteiger partial charge in [-0.3, -0.25) is 4.90 Å². The van der Waals surface area contributed by atoms with Crippen LogP contribution >= 0.6 is 0 Å². The number of aromatic nitrogens is 4. The van der Waals surface area contributed by atoms with Crippen molar-refractivity contribution in [1.29, 1.82) is 0 Å². The normalized spacial score (nSPS) is 16.5. The summed E-state index contributed by atoms with van der Waals surface area (Å²) in [5.74, 6) is 2.98. The lowest BCUT2D eigenvalue weighted by molar-refractivity contribution is 0.275. The van der Waals surface area contributed by atoms with E-state index in [-0.39, 0.29) is 0 Å². The van der Waals surface area contributed by atoms with Crippen LogP contribution in [0.25, 0.3) is 0 Å². The molecule has 2 aromatic heterocycles. The van der Waals surface area contributed by atoms with Crippen LogP contribution in [0.5, 0.6) is 0 Å². The van der Waals surface area contributed by atoms with Gasteiger partial charge in [0.15, 0.2) is 0 Å². The Morgan fingerprint density at radius 3 is 2.82 bits per heavy atom. The van der Waals surface area contributed by atoms with Crippen LogP contribution in [-0.4, -0.2) is 57.6 Å². The van der Waals surface area contributed by atoms with Crippen molar-refractivity contribution in [3.63, 3.8) is 0 Å². The Balaban J connectivity index is 1.63. The fraction of sp³-hybridized carbons (Fsp3) is 0.533. The molecule has 3 rings (SSSR count). The van der Waals surface area contributed by atoms with Crippen molar-refractivity contribution in [2.75, 3.05) is 43.4 Å². The SMILES string of the molecule is CNc1cc(N2CCCN(Cc3nccn3C)CC2)ncn1. The van der Waals surface area contributed by atoms with Gasteiger partial charge in [0, 0.05) is 58.7 Å². The lowest BCUT2D eigenvalue weighted by atomic mass is 10.3. The smallest absolute Gasteiger partial charge is 0.134 e. The molecule has 0 bridgehead atoms. The van der Waals surface area contributed by atoms with Crippen LogP contribution < -0.4 is 10.2 Å². The van der Waals surface area contributed by atoms with Crippen LogP contribution in [0.15, 0.2) is 24.8 Å². The molecule has 0 unspecified atom stereocenters. The van der Waals surface area contributed by atoms with Gasteiger partial charge in [-0.1, -0.05) is 0 Å². The Kier molecular flexibility index (Phi) is 4.53. The van der Waals surface area contributed by atoms with Crippen molar-refractivity contribution < 1.29 is 0 Å². The molecule has 0 amide bonds. The van der Waals surface area contributed by atoms with Gasteiger partial charge in [0.1, 0.15) is 23.8 Å². The highest BCUT2D eigenvalue weighted by Crippen LogP contribution is 2.16. The Bertz CT molecular complexity index is 609. The fourth-order valence-electron chi connectivity index (χ4n) is 2.76. The van der Waals surface area contributed by atoms with Crippen LogP contribution in [0.2, 0.25) is 0 Å². The molecule has 1 aliphatic rings. The van der Waals surface area contributed by atoms with Gasteiger partial charge >= 0.3 is 0 Å². The van der Waals surface area contributed by atoms with E-state index in [9.17, 15) is 0 Å². The molecule has 0 aromatic carbocycles. The number of nitrogens with zero attached hydrogens (tertiary/aromatic N) is 6. The Hall–Kier alpha value is -2.15. The molecule has 0 atom stereocenters. The molecule has 0 saturated carbocycles. The summed E-state index contributed by atoms with van der Waals surface area (Å²) < 4.78 is 2.09. The largest absolute Gasteiger partial charge is 0.373 e. The molecule has 1 fully saturated rings. The zero-order valence-corrected chi connectivity index (χ0v) is 13.2. The molecule has 1 saturated heterocycles. The Labute approximate surface area is 131 Å². The molecule has 1 aliphatic heterocycles. The van der Waals surface area contributed by atoms with E-state index in [4.69, 9.17) is 0 Å². The third-order valence-electron chi connectivity index (χ3n) is 4.11. The molecule has 3 heterocycles. The molecule has 7 heteroatoms. The first-order valence-corrected chi connectivity index (χ1v) is 7.69. The molecule has 0 spiro atoms. The fourth-order valence-corrected chi connectivity index (χ4v) is 2.76. The maximum atomic E-state index is 4.42. The standard InChI is InChI=1S/C15H23N7/c1-16-13-10-14(19-12-18-13)22-6-3-5-21(8-9-22)11-15-17-4-7-20(15)2/h4,7,10,12H,3,5-6,8-9,11H2,1-2H3,(H,16,18,19). The zero-order valence-electron chi connectivity index (χ0n) is 13.2. The van der Waals surface area contributed by atoms with Gasteiger partial charge in [-0.15, -0.1) is 0 Å². The van der Waals surface area contributed by atoms with Gasteiger partial charge in [0.25, 0.3) is 0 Å². The van der Waals surface area contributed by atoms with E-state index in [1.54, 1.807) is 6.33 Å². The first-order chi connectivity index (χ1) is 10.8. The minimum Gasteiger partial charge on any atom is -0.373 e. The van der Waals surface area contributed by atoms with Gasteiger partial charge in [-0.25, -0.2) is 15.0 Å². The summed E-state index contributed by atoms with van der Waals surface area (Å²) in [5, 5.41) is 3.07. The molecule has 2 aromatic rings. The van der Waals surface area contributed by atoms with Crippen LogP contribution in [-0.2, 0) is 13.6 Å². The summed E-state index contributed by atoms with van der Waals surface area (Å²) in [7, 11) is 3.93. The van der Waals surface area contributed by atoms with Crippen molar-refractivity contribution in [3.8, 4) is 0 Å². The molecular weight excluding hydrogens is 278 g/mol. The molecule has 22 heavy (non-hydrogen) atoms. The summed E-state index contributed by atoms with van der Waals surface area (Å²) in [6, 6.07) is 2.01. The minimum atomic E-state index is 0.860. The summed E-state index contributed by atoms with van der Waals surface area (Å²) in [5.41, 5.74) is 0. The van der Waals surface area contributed by atoms with Gasteiger partial charge in [0.05, 0.1) is 6.54 Å². The number of hydrogen-bond acceptors (Lipinski definition) is 6. The molecule has 0 aliphatic carbocycles. The Morgan fingerprint density at radius 1 is 1.14 bits per heavy atom. The highest BCUT2D eigenvalue weighted by Gasteiger charge is 2.17. The molecular formula is C15H23N7. The van der Waals surface area contributed by atoms with Crippen LogP contribution in [0, 0.1) is 0 Å². The second-order valence-corrected chi connectivity index (χ2v) is 5.58. The van der Waals surface area contributed by atoms with Gasteiger partial charge in [0.2, 0.25) is 0 Å². The average Bonchev–Trinajstić information content (AvgIpc) is 2.81. The predicted octanol–water partition coefficient (Wildman–Crippen LogP) is 0.964. The van der Waals surface area contributed by atoms with Crippen LogP contribution in [0.4, 0.5) is 11.6 Å². The van der Waals surface area contributed by atoms with Crippen LogP contribution in [0.3, 0.4) is 0 Å². The minimum absolute atomic E-state index is 0.860. The van der Waals surface area contributed by atoms with Crippen molar-refractivity contribution >= 4 is 11.6 Å². The van der Waals surface area contributed by atoms with E-state index in [1.165, 1.54) is 0 Å². The molecule has 0 radical (unpaired) electrons. The number of hydrogen-bond donors (Lipinski definition) is 1. The number of imidazole rings is 1. The van der Waals surface area contributed by atoms with Gasteiger partial charge < -0.3 is 14.8 Å². The lowest BCUT2D eigenvalue weighted by Gasteiger charge is -2.22. The second-order valence-electron chi connectivity index (χ2n) is 5.58. The van der Waals surface area contributed by atoms with Gasteiger partial charge in [-0.05, 0) is 6.42 Å². The van der Waals surface area contributed by atoms with Crippen molar-refractivity contribution in [2.45, 2.75) is 13.0 Å². The summed E-state index contributed by atoms with van der Waals surface area (Å²) in [6.07, 6.45) is 6.61. The first kappa shape index (κ1) is 14.8. The van der Waals surface area contributed by atoms with E-state index in [0.717, 1.165) is 56.6 Å². The van der Waals surface area contributed by atoms with E-state index < -0.39 is 0 Å². The van der Waals surface area contributed by atoms with Crippen molar-refractivity contribution in [3.05, 3.63) is 30.6 Å². The number of nitrogens with one attached hydrogen (secondary N) is 1. The van der Waals surface area contributed by atoms with E-state index in [1.807, 2.05) is 32.6 Å². The highest BCUT2D eigenvalue weighted by atomic mass is 15.3. The van der Waals surface area contributed by atoms with Crippen molar-refractivity contribution in [1.82, 2.24) is 24.4 Å². The first-order valence-electron chi connectivity index (χ1n) is 7.69. The maximum absolute atomic E-state index is 4.42. The predicted molar refractivity (Wildman–Crippen MR) is 86.9 cm³/mol. The third-order valence-corrected chi connectivity index (χ3v) is 4.11. The Morgan fingerprint density at radius 2 is 2.05 bits per heavy atom. The zero-order chi connectivity index (χ0) is 15.4. The topological polar surface area (TPSA) is 62.1 Å². The van der Waals surface area contributed by atoms with E-state index in [0.29, 0.717) is 0 Å². The van der Waals surface area contributed by atoms with Gasteiger partial charge in [-0.2, -0.15) is 0 Å².